The van der Waals surface area contributed by atoms with E-state index in [1.807, 2.05) is 4.90 Å². The summed E-state index contributed by atoms with van der Waals surface area (Å²) in [4.78, 5) is 42.8. The van der Waals surface area contributed by atoms with Crippen LogP contribution < -0.4 is 0 Å². The third kappa shape index (κ3) is 4.34. The Hall–Kier alpha value is -2.28. The van der Waals surface area contributed by atoms with Crippen LogP contribution in [0.3, 0.4) is 0 Å². The number of benzene rings is 1. The fourth-order valence-corrected chi connectivity index (χ4v) is 4.72. The molecule has 3 aliphatic heterocycles. The van der Waals surface area contributed by atoms with Gasteiger partial charge in [0, 0.05) is 48.7 Å². The lowest BCUT2D eigenvalue weighted by molar-refractivity contribution is -0.138. The maximum atomic E-state index is 12.9. The fraction of sp³-hybridized carbons (Fsp3) is 0.571. The monoisotopic (exact) mass is 419 g/mol. The van der Waals surface area contributed by atoms with Crippen molar-refractivity contribution in [3.05, 3.63) is 34.9 Å². The van der Waals surface area contributed by atoms with Crippen LogP contribution in [-0.4, -0.2) is 78.0 Å². The first-order chi connectivity index (χ1) is 14.0. The molecule has 7 nitrogen and oxygen atoms in total. The van der Waals surface area contributed by atoms with E-state index in [1.54, 1.807) is 34.1 Å². The molecule has 4 rings (SSSR count). The normalized spacial score (nSPS) is 21.4. The predicted octanol–water partition coefficient (Wildman–Crippen LogP) is 2.64. The Morgan fingerprint density at radius 1 is 0.966 bits per heavy atom. The van der Waals surface area contributed by atoms with Crippen LogP contribution in [0.15, 0.2) is 24.3 Å². The van der Waals surface area contributed by atoms with E-state index < -0.39 is 0 Å². The molecule has 3 amide bonds. The van der Waals surface area contributed by atoms with Crippen LogP contribution in [0, 0.1) is 5.92 Å². The first-order valence-corrected chi connectivity index (χ1v) is 10.7. The Morgan fingerprint density at radius 2 is 1.66 bits per heavy atom. The van der Waals surface area contributed by atoms with Crippen LogP contribution in [0.1, 0.15) is 36.0 Å². The summed E-state index contributed by atoms with van der Waals surface area (Å²) in [7, 11) is 0. The average Bonchev–Trinajstić information content (AvgIpc) is 3.19. The fourth-order valence-electron chi connectivity index (χ4n) is 4.53. The molecule has 0 aromatic heterocycles. The number of halogens is 1. The van der Waals surface area contributed by atoms with E-state index in [-0.39, 0.29) is 29.9 Å². The Balaban J connectivity index is 1.26. The highest BCUT2D eigenvalue weighted by molar-refractivity contribution is 6.30. The third-order valence-corrected chi connectivity index (χ3v) is 6.45. The molecule has 3 aliphatic rings. The maximum absolute atomic E-state index is 12.9. The molecule has 0 saturated carbocycles. The Labute approximate surface area is 175 Å². The number of cyclic esters (lactones) is 1. The standard InChI is InChI=1S/C21H26ClN3O4/c22-17-3-1-2-16(14-17)20(27)23-8-4-15(5-9-23)19(26)24-10-6-18(7-11-24)25-12-13-29-21(25)28/h1-3,14-15,18H,4-13H2. The zero-order valence-corrected chi connectivity index (χ0v) is 17.1. The van der Waals surface area contributed by atoms with Crippen LogP contribution in [0.2, 0.25) is 5.02 Å². The van der Waals surface area contributed by atoms with Gasteiger partial charge in [-0.2, -0.15) is 0 Å². The number of likely N-dealkylation sites (tertiary alicyclic amines) is 2. The van der Waals surface area contributed by atoms with E-state index in [1.165, 1.54) is 0 Å². The van der Waals surface area contributed by atoms with Crippen molar-refractivity contribution in [1.82, 2.24) is 14.7 Å². The molecular weight excluding hydrogens is 394 g/mol. The summed E-state index contributed by atoms with van der Waals surface area (Å²) in [5.41, 5.74) is 0.588. The summed E-state index contributed by atoms with van der Waals surface area (Å²) in [6, 6.07) is 7.15. The number of carbonyl (C=O) groups is 3. The van der Waals surface area contributed by atoms with Gasteiger partial charge in [0.15, 0.2) is 0 Å². The summed E-state index contributed by atoms with van der Waals surface area (Å²) in [5.74, 6) is 0.116. The van der Waals surface area contributed by atoms with Gasteiger partial charge in [-0.25, -0.2) is 4.79 Å². The molecule has 0 atom stereocenters. The van der Waals surface area contributed by atoms with Gasteiger partial charge < -0.3 is 19.4 Å². The average molecular weight is 420 g/mol. The molecule has 0 unspecified atom stereocenters. The van der Waals surface area contributed by atoms with Crippen molar-refractivity contribution in [3.8, 4) is 0 Å². The smallest absolute Gasteiger partial charge is 0.410 e. The zero-order valence-electron chi connectivity index (χ0n) is 16.4. The van der Waals surface area contributed by atoms with Crippen molar-refractivity contribution < 1.29 is 19.1 Å². The Kier molecular flexibility index (Phi) is 5.94. The minimum atomic E-state index is -0.230. The second kappa shape index (κ2) is 8.61. The number of piperidine rings is 2. The predicted molar refractivity (Wildman–Crippen MR) is 108 cm³/mol. The van der Waals surface area contributed by atoms with Crippen molar-refractivity contribution in [2.45, 2.75) is 31.7 Å². The number of amides is 3. The topological polar surface area (TPSA) is 70.2 Å². The summed E-state index contributed by atoms with van der Waals surface area (Å²) in [6.07, 6.45) is 2.74. The second-order valence-electron chi connectivity index (χ2n) is 7.94. The molecule has 8 heteroatoms. The van der Waals surface area contributed by atoms with E-state index >= 15 is 0 Å². The molecule has 1 aromatic rings. The van der Waals surface area contributed by atoms with Gasteiger partial charge in [0.25, 0.3) is 5.91 Å². The van der Waals surface area contributed by atoms with Gasteiger partial charge >= 0.3 is 6.09 Å². The van der Waals surface area contributed by atoms with Crippen molar-refractivity contribution in [2.75, 3.05) is 39.3 Å². The highest BCUT2D eigenvalue weighted by atomic mass is 35.5. The largest absolute Gasteiger partial charge is 0.448 e. The summed E-state index contributed by atoms with van der Waals surface area (Å²) in [5, 5.41) is 0.548. The van der Waals surface area contributed by atoms with Crippen molar-refractivity contribution in [1.29, 1.82) is 0 Å². The van der Waals surface area contributed by atoms with Crippen LogP contribution in [0.4, 0.5) is 4.79 Å². The minimum Gasteiger partial charge on any atom is -0.448 e. The van der Waals surface area contributed by atoms with Gasteiger partial charge in [0.2, 0.25) is 5.91 Å². The van der Waals surface area contributed by atoms with Crippen LogP contribution in [0.5, 0.6) is 0 Å². The summed E-state index contributed by atoms with van der Waals surface area (Å²) >= 11 is 5.99. The van der Waals surface area contributed by atoms with Crippen LogP contribution in [-0.2, 0) is 9.53 Å². The lowest BCUT2D eigenvalue weighted by Gasteiger charge is -2.39. The zero-order chi connectivity index (χ0) is 20.4. The number of ether oxygens (including phenoxy) is 1. The Morgan fingerprint density at radius 3 is 2.28 bits per heavy atom. The van der Waals surface area contributed by atoms with Gasteiger partial charge in [0.1, 0.15) is 6.61 Å². The Bertz CT molecular complexity index is 786. The van der Waals surface area contributed by atoms with Gasteiger partial charge in [-0.1, -0.05) is 17.7 Å². The van der Waals surface area contributed by atoms with Crippen molar-refractivity contribution in [3.63, 3.8) is 0 Å². The number of rotatable bonds is 3. The molecule has 29 heavy (non-hydrogen) atoms. The van der Waals surface area contributed by atoms with E-state index in [2.05, 4.69) is 0 Å². The molecule has 0 spiro atoms. The van der Waals surface area contributed by atoms with E-state index in [0.717, 1.165) is 12.8 Å². The number of carbonyl (C=O) groups excluding carboxylic acids is 3. The molecule has 0 aliphatic carbocycles. The third-order valence-electron chi connectivity index (χ3n) is 6.21. The van der Waals surface area contributed by atoms with Crippen LogP contribution >= 0.6 is 11.6 Å². The molecule has 1 aromatic carbocycles. The first kappa shape index (κ1) is 20.0. The minimum absolute atomic E-state index is 0.0308. The van der Waals surface area contributed by atoms with E-state index in [9.17, 15) is 14.4 Å². The lowest BCUT2D eigenvalue weighted by Crippen LogP contribution is -2.50. The van der Waals surface area contributed by atoms with E-state index in [0.29, 0.717) is 62.8 Å². The quantitative estimate of drug-likeness (QED) is 0.755. The molecule has 0 N–H and O–H groups in total. The highest BCUT2D eigenvalue weighted by Crippen LogP contribution is 2.25. The number of hydrogen-bond acceptors (Lipinski definition) is 4. The van der Waals surface area contributed by atoms with Gasteiger partial charge in [-0.05, 0) is 43.9 Å². The van der Waals surface area contributed by atoms with Crippen molar-refractivity contribution in [2.24, 2.45) is 5.92 Å². The van der Waals surface area contributed by atoms with Gasteiger partial charge in [-0.3, -0.25) is 9.59 Å². The number of nitrogens with zero attached hydrogens (tertiary/aromatic N) is 3. The lowest BCUT2D eigenvalue weighted by atomic mass is 9.93. The maximum Gasteiger partial charge on any atom is 0.410 e. The highest BCUT2D eigenvalue weighted by Gasteiger charge is 2.36. The van der Waals surface area contributed by atoms with Crippen LogP contribution in [0.25, 0.3) is 0 Å². The first-order valence-electron chi connectivity index (χ1n) is 10.3. The van der Waals surface area contributed by atoms with Crippen molar-refractivity contribution >= 4 is 29.5 Å². The molecule has 0 radical (unpaired) electrons. The molecular formula is C21H26ClN3O4. The molecule has 3 heterocycles. The second-order valence-corrected chi connectivity index (χ2v) is 8.38. The van der Waals surface area contributed by atoms with Gasteiger partial charge in [0.05, 0.1) is 6.54 Å². The summed E-state index contributed by atoms with van der Waals surface area (Å²) in [6.45, 7) is 3.63. The molecule has 3 saturated heterocycles. The molecule has 156 valence electrons. The molecule has 3 fully saturated rings. The number of hydrogen-bond donors (Lipinski definition) is 0. The van der Waals surface area contributed by atoms with Gasteiger partial charge in [-0.15, -0.1) is 0 Å². The SMILES string of the molecule is O=C(c1cccc(Cl)c1)N1CCC(C(=O)N2CCC(N3CCOC3=O)CC2)CC1. The molecule has 0 bridgehead atoms. The van der Waals surface area contributed by atoms with E-state index in [4.69, 9.17) is 16.3 Å². The summed E-state index contributed by atoms with van der Waals surface area (Å²) < 4.78 is 5.02.